The molecule has 0 aliphatic rings. The predicted molar refractivity (Wildman–Crippen MR) is 131 cm³/mol. The fourth-order valence-corrected chi connectivity index (χ4v) is 4.34. The lowest BCUT2D eigenvalue weighted by Crippen LogP contribution is -2.42. The molecule has 0 saturated carbocycles. The third-order valence-corrected chi connectivity index (χ3v) is 6.09. The number of aliphatic carboxylic acids is 1. The summed E-state index contributed by atoms with van der Waals surface area (Å²) in [7, 11) is 0. The van der Waals surface area contributed by atoms with Crippen molar-refractivity contribution in [2.24, 2.45) is 0 Å². The number of fused-ring (bicyclic) bond motifs is 1. The number of nitrogens with zero attached hydrogens (tertiary/aromatic N) is 1. The number of hydrogen-bond donors (Lipinski definition) is 2. The van der Waals surface area contributed by atoms with Crippen LogP contribution in [0.5, 0.6) is 0 Å². The van der Waals surface area contributed by atoms with Gasteiger partial charge >= 0.3 is 5.97 Å². The van der Waals surface area contributed by atoms with Crippen molar-refractivity contribution in [3.63, 3.8) is 0 Å². The van der Waals surface area contributed by atoms with E-state index in [1.54, 1.807) is 61.5 Å². The number of carbonyl (C=O) groups is 2. The lowest BCUT2D eigenvalue weighted by atomic mass is 10.0. The van der Waals surface area contributed by atoms with E-state index in [9.17, 15) is 19.1 Å². The van der Waals surface area contributed by atoms with E-state index in [4.69, 9.17) is 23.2 Å². The number of halogens is 3. The van der Waals surface area contributed by atoms with Gasteiger partial charge in [0.1, 0.15) is 11.9 Å². The summed E-state index contributed by atoms with van der Waals surface area (Å²) in [5, 5.41) is 13.5. The lowest BCUT2D eigenvalue weighted by Gasteiger charge is -2.16. The fraction of sp³-hybridized carbons (Fsp3) is 0.115. The van der Waals surface area contributed by atoms with Crippen molar-refractivity contribution in [2.45, 2.75) is 19.4 Å². The van der Waals surface area contributed by atoms with Gasteiger partial charge in [-0.15, -0.1) is 0 Å². The van der Waals surface area contributed by atoms with Crippen molar-refractivity contribution >= 4 is 46.0 Å². The average molecular weight is 497 g/mol. The van der Waals surface area contributed by atoms with Crippen LogP contribution in [0.1, 0.15) is 21.5 Å². The highest BCUT2D eigenvalue weighted by Crippen LogP contribution is 2.30. The smallest absolute Gasteiger partial charge is 0.326 e. The van der Waals surface area contributed by atoms with E-state index in [0.717, 1.165) is 5.39 Å². The third-order valence-electron chi connectivity index (χ3n) is 5.46. The van der Waals surface area contributed by atoms with Gasteiger partial charge in [0.05, 0.1) is 32.4 Å². The Hall–Kier alpha value is -3.48. The quantitative estimate of drug-likeness (QED) is 0.338. The number of hydrogen-bond acceptors (Lipinski definition) is 3. The maximum Gasteiger partial charge on any atom is 0.326 e. The Morgan fingerprint density at radius 3 is 2.47 bits per heavy atom. The molecule has 4 rings (SSSR count). The summed E-state index contributed by atoms with van der Waals surface area (Å²) < 4.78 is 14.3. The van der Waals surface area contributed by atoms with Crippen molar-refractivity contribution in [3.05, 3.63) is 99.3 Å². The van der Waals surface area contributed by atoms with Crippen LogP contribution >= 0.6 is 23.2 Å². The first-order valence-electron chi connectivity index (χ1n) is 10.4. The van der Waals surface area contributed by atoms with Crippen molar-refractivity contribution in [1.82, 2.24) is 10.3 Å². The molecule has 0 bridgehead atoms. The summed E-state index contributed by atoms with van der Waals surface area (Å²) in [5.41, 5.74) is 2.81. The largest absolute Gasteiger partial charge is 0.480 e. The molecule has 172 valence electrons. The van der Waals surface area contributed by atoms with Crippen LogP contribution in [-0.4, -0.2) is 28.0 Å². The molecule has 0 saturated heterocycles. The molecule has 1 heterocycles. The van der Waals surface area contributed by atoms with E-state index < -0.39 is 23.7 Å². The first-order chi connectivity index (χ1) is 16.2. The molecule has 0 spiro atoms. The van der Waals surface area contributed by atoms with Crippen molar-refractivity contribution in [3.8, 4) is 11.3 Å². The summed E-state index contributed by atoms with van der Waals surface area (Å²) in [6.07, 6.45) is 0.0570. The first-order valence-corrected chi connectivity index (χ1v) is 11.1. The van der Waals surface area contributed by atoms with E-state index in [2.05, 4.69) is 10.3 Å². The molecule has 8 heteroatoms. The molecular weight excluding hydrogens is 478 g/mol. The van der Waals surface area contributed by atoms with E-state index in [-0.39, 0.29) is 27.6 Å². The van der Waals surface area contributed by atoms with Gasteiger partial charge in [0.25, 0.3) is 5.91 Å². The number of amides is 1. The van der Waals surface area contributed by atoms with Crippen LogP contribution in [0.4, 0.5) is 4.39 Å². The molecule has 3 aromatic carbocycles. The monoisotopic (exact) mass is 496 g/mol. The molecule has 0 radical (unpaired) electrons. The lowest BCUT2D eigenvalue weighted by molar-refractivity contribution is -0.139. The van der Waals surface area contributed by atoms with Crippen LogP contribution in [0, 0.1) is 12.7 Å². The summed E-state index contributed by atoms with van der Waals surface area (Å²) in [5.74, 6) is -2.19. The number of aromatic nitrogens is 1. The van der Waals surface area contributed by atoms with Gasteiger partial charge in [-0.1, -0.05) is 53.5 Å². The molecule has 5 nitrogen and oxygen atoms in total. The summed E-state index contributed by atoms with van der Waals surface area (Å²) in [4.78, 5) is 29.1. The molecule has 0 unspecified atom stereocenters. The normalized spacial score (nSPS) is 11.9. The third kappa shape index (κ3) is 4.88. The Labute approximate surface area is 205 Å². The van der Waals surface area contributed by atoms with Crippen LogP contribution in [-0.2, 0) is 11.2 Å². The summed E-state index contributed by atoms with van der Waals surface area (Å²) in [6, 6.07) is 17.0. The summed E-state index contributed by atoms with van der Waals surface area (Å²) >= 11 is 12.3. The topological polar surface area (TPSA) is 79.3 Å². The Bertz CT molecular complexity index is 1380. The van der Waals surface area contributed by atoms with Gasteiger partial charge in [0, 0.05) is 11.8 Å². The maximum absolute atomic E-state index is 14.3. The minimum atomic E-state index is -1.17. The second-order valence-corrected chi connectivity index (χ2v) is 8.63. The fourth-order valence-electron chi connectivity index (χ4n) is 3.77. The number of benzene rings is 3. The molecule has 1 aromatic heterocycles. The van der Waals surface area contributed by atoms with E-state index >= 15 is 0 Å². The Morgan fingerprint density at radius 2 is 1.76 bits per heavy atom. The van der Waals surface area contributed by atoms with Gasteiger partial charge in [-0.2, -0.15) is 0 Å². The van der Waals surface area contributed by atoms with Gasteiger partial charge < -0.3 is 10.4 Å². The van der Waals surface area contributed by atoms with Crippen LogP contribution in [0.2, 0.25) is 10.0 Å². The zero-order valence-electron chi connectivity index (χ0n) is 18.0. The van der Waals surface area contributed by atoms with Crippen LogP contribution < -0.4 is 5.32 Å². The highest BCUT2D eigenvalue weighted by atomic mass is 35.5. The Morgan fingerprint density at radius 1 is 1.03 bits per heavy atom. The number of carbonyl (C=O) groups excluding carboxylic acids is 1. The number of aryl methyl sites for hydroxylation is 1. The van der Waals surface area contributed by atoms with Gasteiger partial charge in [-0.05, 0) is 54.4 Å². The minimum absolute atomic E-state index is 0.0570. The SMILES string of the molecule is Cc1cccc(Cl)c1C(=O)N[C@@H](Cc1ccc2nc(-c3c(F)cccc3Cl)ccc2c1)C(=O)O. The van der Waals surface area contributed by atoms with Gasteiger partial charge in [0.15, 0.2) is 0 Å². The zero-order chi connectivity index (χ0) is 24.4. The number of rotatable bonds is 6. The van der Waals surface area contributed by atoms with Crippen molar-refractivity contribution < 1.29 is 19.1 Å². The van der Waals surface area contributed by atoms with E-state index in [1.165, 1.54) is 12.1 Å². The zero-order valence-corrected chi connectivity index (χ0v) is 19.5. The molecule has 2 N–H and O–H groups in total. The van der Waals surface area contributed by atoms with Gasteiger partial charge in [-0.25, -0.2) is 14.2 Å². The standard InChI is InChI=1S/C26H19Cl2FN2O3/c1-14-4-2-5-17(27)23(14)25(32)31-22(26(33)34)13-15-8-10-20-16(12-15)9-11-21(30-20)24-18(28)6-3-7-19(24)29/h2-12,22H,13H2,1H3,(H,31,32)(H,33,34)/t22-/m0/s1. The molecule has 0 aliphatic carbocycles. The van der Waals surface area contributed by atoms with Crippen molar-refractivity contribution in [1.29, 1.82) is 0 Å². The van der Waals surface area contributed by atoms with E-state index in [1.807, 2.05) is 0 Å². The molecule has 34 heavy (non-hydrogen) atoms. The highest BCUT2D eigenvalue weighted by Gasteiger charge is 2.23. The molecule has 1 atom stereocenters. The molecule has 4 aromatic rings. The van der Waals surface area contributed by atoms with Crippen LogP contribution in [0.25, 0.3) is 22.2 Å². The van der Waals surface area contributed by atoms with E-state index in [0.29, 0.717) is 22.3 Å². The second-order valence-electron chi connectivity index (χ2n) is 7.82. The summed E-state index contributed by atoms with van der Waals surface area (Å²) in [6.45, 7) is 1.73. The molecular formula is C26H19Cl2FN2O3. The maximum atomic E-state index is 14.3. The predicted octanol–water partition coefficient (Wildman–Crippen LogP) is 6.08. The number of carboxylic acids is 1. The number of carboxylic acid groups (broad SMARTS) is 1. The Balaban J connectivity index is 1.59. The molecule has 0 fully saturated rings. The molecule has 0 aliphatic heterocycles. The number of nitrogens with one attached hydrogen (secondary N) is 1. The molecule has 1 amide bonds. The Kier molecular flexibility index (Phi) is 6.82. The number of pyridine rings is 1. The first kappa shape index (κ1) is 23.7. The highest BCUT2D eigenvalue weighted by molar-refractivity contribution is 6.34. The van der Waals surface area contributed by atoms with Gasteiger partial charge in [0.2, 0.25) is 0 Å². The van der Waals surface area contributed by atoms with Crippen LogP contribution in [0.3, 0.4) is 0 Å². The minimum Gasteiger partial charge on any atom is -0.480 e. The second kappa shape index (κ2) is 9.79. The van der Waals surface area contributed by atoms with Gasteiger partial charge in [-0.3, -0.25) is 4.79 Å². The van der Waals surface area contributed by atoms with Crippen molar-refractivity contribution in [2.75, 3.05) is 0 Å². The average Bonchev–Trinajstić information content (AvgIpc) is 2.78. The van der Waals surface area contributed by atoms with Crippen LogP contribution in [0.15, 0.2) is 66.7 Å².